The van der Waals surface area contributed by atoms with Crippen molar-refractivity contribution in [3.63, 3.8) is 0 Å². The van der Waals surface area contributed by atoms with Crippen LogP contribution in [0.2, 0.25) is 0 Å². The number of halogens is 1. The lowest BCUT2D eigenvalue weighted by atomic mass is 10.0. The molecular weight excluding hydrogens is 205 g/mol. The van der Waals surface area contributed by atoms with Gasteiger partial charge in [-0.2, -0.15) is 0 Å². The molecule has 16 heavy (non-hydrogen) atoms. The zero-order valence-electron chi connectivity index (χ0n) is 9.63. The first kappa shape index (κ1) is 11.4. The van der Waals surface area contributed by atoms with Crippen molar-refractivity contribution in [2.75, 3.05) is 25.1 Å². The maximum absolute atomic E-state index is 13.5. The number of hydrogen-bond acceptors (Lipinski definition) is 2. The fourth-order valence-electron chi connectivity index (χ4n) is 1.99. The van der Waals surface area contributed by atoms with E-state index in [1.165, 1.54) is 6.42 Å². The highest BCUT2D eigenvalue weighted by Crippen LogP contribution is 2.18. The van der Waals surface area contributed by atoms with E-state index in [2.05, 4.69) is 5.32 Å². The molecule has 1 N–H and O–H groups in total. The summed E-state index contributed by atoms with van der Waals surface area (Å²) in [6, 6.07) is 5.27. The predicted molar refractivity (Wildman–Crippen MR) is 63.2 cm³/mol. The van der Waals surface area contributed by atoms with Gasteiger partial charge in [-0.05, 0) is 43.4 Å². The first-order valence-corrected chi connectivity index (χ1v) is 5.83. The number of nitrogens with one attached hydrogen (secondary N) is 1. The highest BCUT2D eigenvalue weighted by atomic mass is 19.1. The van der Waals surface area contributed by atoms with E-state index in [9.17, 15) is 4.39 Å². The molecule has 1 aromatic carbocycles. The first-order valence-electron chi connectivity index (χ1n) is 5.83. The molecule has 88 valence electrons. The molecule has 0 aromatic heterocycles. The topological polar surface area (TPSA) is 21.3 Å². The van der Waals surface area contributed by atoms with Crippen LogP contribution in [0.15, 0.2) is 18.2 Å². The van der Waals surface area contributed by atoms with Crippen molar-refractivity contribution in [1.29, 1.82) is 0 Å². The summed E-state index contributed by atoms with van der Waals surface area (Å²) in [5.41, 5.74) is 1.54. The van der Waals surface area contributed by atoms with Crippen molar-refractivity contribution in [2.24, 2.45) is 5.92 Å². The van der Waals surface area contributed by atoms with Crippen LogP contribution in [0.3, 0.4) is 0 Å². The molecule has 0 amide bonds. The van der Waals surface area contributed by atoms with Gasteiger partial charge in [-0.1, -0.05) is 6.07 Å². The van der Waals surface area contributed by atoms with E-state index in [1.807, 2.05) is 13.0 Å². The summed E-state index contributed by atoms with van der Waals surface area (Å²) in [4.78, 5) is 0. The van der Waals surface area contributed by atoms with Gasteiger partial charge in [0.05, 0.1) is 12.3 Å². The van der Waals surface area contributed by atoms with E-state index in [4.69, 9.17) is 4.74 Å². The number of anilines is 1. The van der Waals surface area contributed by atoms with Gasteiger partial charge < -0.3 is 10.1 Å². The summed E-state index contributed by atoms with van der Waals surface area (Å²) in [5.74, 6) is 0.339. The molecule has 1 aromatic rings. The second-order valence-electron chi connectivity index (χ2n) is 4.45. The van der Waals surface area contributed by atoms with Crippen LogP contribution in [0, 0.1) is 18.7 Å². The Bertz CT molecular complexity index is 348. The first-order chi connectivity index (χ1) is 7.75. The Morgan fingerprint density at radius 2 is 2.38 bits per heavy atom. The Balaban J connectivity index is 1.88. The Morgan fingerprint density at radius 3 is 3.06 bits per heavy atom. The predicted octanol–water partition coefficient (Wildman–Crippen LogP) is 2.97. The standard InChI is InChI=1S/C13H18FNO/c1-10-4-5-13(12(14)7-10)15-8-11-3-2-6-16-9-11/h4-5,7,11,15H,2-3,6,8-9H2,1H3. The van der Waals surface area contributed by atoms with Crippen LogP contribution in [0.4, 0.5) is 10.1 Å². The average molecular weight is 223 g/mol. The molecule has 0 saturated carbocycles. The molecule has 2 rings (SSSR count). The lowest BCUT2D eigenvalue weighted by molar-refractivity contribution is 0.0595. The van der Waals surface area contributed by atoms with Crippen LogP contribution in [0.25, 0.3) is 0 Å². The molecule has 0 aliphatic carbocycles. The smallest absolute Gasteiger partial charge is 0.146 e. The molecule has 0 bridgehead atoms. The van der Waals surface area contributed by atoms with Crippen LogP contribution >= 0.6 is 0 Å². The minimum absolute atomic E-state index is 0.170. The number of hydrogen-bond donors (Lipinski definition) is 1. The van der Waals surface area contributed by atoms with E-state index in [0.29, 0.717) is 11.6 Å². The van der Waals surface area contributed by atoms with Crippen LogP contribution < -0.4 is 5.32 Å². The molecule has 1 unspecified atom stereocenters. The monoisotopic (exact) mass is 223 g/mol. The summed E-state index contributed by atoms with van der Waals surface area (Å²) in [6.45, 7) is 4.34. The Labute approximate surface area is 95.8 Å². The highest BCUT2D eigenvalue weighted by Gasteiger charge is 2.14. The van der Waals surface area contributed by atoms with E-state index in [-0.39, 0.29) is 5.82 Å². The molecular formula is C13H18FNO. The molecule has 0 spiro atoms. The van der Waals surface area contributed by atoms with Crippen molar-refractivity contribution in [2.45, 2.75) is 19.8 Å². The van der Waals surface area contributed by atoms with Crippen molar-refractivity contribution >= 4 is 5.69 Å². The summed E-state index contributed by atoms with van der Waals surface area (Å²) >= 11 is 0. The van der Waals surface area contributed by atoms with E-state index in [0.717, 1.165) is 31.7 Å². The van der Waals surface area contributed by atoms with Crippen molar-refractivity contribution in [1.82, 2.24) is 0 Å². The lowest BCUT2D eigenvalue weighted by Gasteiger charge is -2.22. The number of ether oxygens (including phenoxy) is 1. The molecule has 1 aliphatic heterocycles. The van der Waals surface area contributed by atoms with Gasteiger partial charge in [0.1, 0.15) is 5.82 Å². The zero-order valence-corrected chi connectivity index (χ0v) is 9.63. The number of rotatable bonds is 3. The number of benzene rings is 1. The third-order valence-electron chi connectivity index (χ3n) is 2.96. The summed E-state index contributed by atoms with van der Waals surface area (Å²) < 4.78 is 18.9. The SMILES string of the molecule is Cc1ccc(NCC2CCCOC2)c(F)c1. The van der Waals surface area contributed by atoms with E-state index < -0.39 is 0 Å². The normalized spacial score (nSPS) is 20.8. The molecule has 1 atom stereocenters. The molecule has 1 heterocycles. The largest absolute Gasteiger partial charge is 0.382 e. The van der Waals surface area contributed by atoms with Gasteiger partial charge in [0.15, 0.2) is 0 Å². The van der Waals surface area contributed by atoms with Crippen LogP contribution in [-0.4, -0.2) is 19.8 Å². The van der Waals surface area contributed by atoms with E-state index >= 15 is 0 Å². The zero-order chi connectivity index (χ0) is 11.4. The molecule has 0 radical (unpaired) electrons. The van der Waals surface area contributed by atoms with Crippen molar-refractivity contribution in [3.8, 4) is 0 Å². The summed E-state index contributed by atoms with van der Waals surface area (Å²) in [7, 11) is 0. The maximum atomic E-state index is 13.5. The average Bonchev–Trinajstić information content (AvgIpc) is 2.29. The van der Waals surface area contributed by atoms with Gasteiger partial charge in [0.2, 0.25) is 0 Å². The molecule has 1 aliphatic rings. The van der Waals surface area contributed by atoms with Crippen molar-refractivity contribution in [3.05, 3.63) is 29.6 Å². The Hall–Kier alpha value is -1.09. The van der Waals surface area contributed by atoms with Crippen LogP contribution in [0.1, 0.15) is 18.4 Å². The molecule has 3 heteroatoms. The van der Waals surface area contributed by atoms with Gasteiger partial charge in [0, 0.05) is 13.2 Å². The van der Waals surface area contributed by atoms with Gasteiger partial charge in [-0.15, -0.1) is 0 Å². The second kappa shape index (κ2) is 5.30. The molecule has 2 nitrogen and oxygen atoms in total. The van der Waals surface area contributed by atoms with E-state index in [1.54, 1.807) is 12.1 Å². The van der Waals surface area contributed by atoms with Gasteiger partial charge >= 0.3 is 0 Å². The molecule has 1 fully saturated rings. The minimum atomic E-state index is -0.170. The Kier molecular flexibility index (Phi) is 3.78. The highest BCUT2D eigenvalue weighted by molar-refractivity contribution is 5.46. The van der Waals surface area contributed by atoms with Crippen LogP contribution in [-0.2, 0) is 4.74 Å². The summed E-state index contributed by atoms with van der Waals surface area (Å²) in [5, 5.41) is 3.15. The quantitative estimate of drug-likeness (QED) is 0.850. The third-order valence-corrected chi connectivity index (χ3v) is 2.96. The Morgan fingerprint density at radius 1 is 1.50 bits per heavy atom. The number of aryl methyl sites for hydroxylation is 1. The summed E-state index contributed by atoms with van der Waals surface area (Å²) in [6.07, 6.45) is 2.28. The third kappa shape index (κ3) is 2.95. The van der Waals surface area contributed by atoms with Crippen LogP contribution in [0.5, 0.6) is 0 Å². The fourth-order valence-corrected chi connectivity index (χ4v) is 1.99. The molecule has 1 saturated heterocycles. The lowest BCUT2D eigenvalue weighted by Crippen LogP contribution is -2.24. The second-order valence-corrected chi connectivity index (χ2v) is 4.45. The van der Waals surface area contributed by atoms with Gasteiger partial charge in [-0.3, -0.25) is 0 Å². The van der Waals surface area contributed by atoms with Crippen molar-refractivity contribution < 1.29 is 9.13 Å². The fraction of sp³-hybridized carbons (Fsp3) is 0.538. The van der Waals surface area contributed by atoms with Gasteiger partial charge in [0.25, 0.3) is 0 Å². The minimum Gasteiger partial charge on any atom is -0.382 e. The maximum Gasteiger partial charge on any atom is 0.146 e. The van der Waals surface area contributed by atoms with Gasteiger partial charge in [-0.25, -0.2) is 4.39 Å².